The van der Waals surface area contributed by atoms with E-state index < -0.39 is 0 Å². The van der Waals surface area contributed by atoms with Crippen LogP contribution in [0.3, 0.4) is 0 Å². The monoisotopic (exact) mass is 260 g/mol. The van der Waals surface area contributed by atoms with Crippen molar-refractivity contribution in [2.75, 3.05) is 13.1 Å². The summed E-state index contributed by atoms with van der Waals surface area (Å²) in [5, 5.41) is 0. The Hall–Kier alpha value is 2.64. The average molecular weight is 260 g/mol. The van der Waals surface area contributed by atoms with Crippen LogP contribution < -0.4 is 5.73 Å². The van der Waals surface area contributed by atoms with Gasteiger partial charge in [-0.15, -0.1) is 25.3 Å². The Morgan fingerprint density at radius 3 is 1.58 bits per heavy atom. The molecular formula is C4H10N2Na2S4. The average Bonchev–Trinajstić information content (AvgIpc) is 1.81. The number of thiol groups is 2. The van der Waals surface area contributed by atoms with Crippen LogP contribution >= 0.6 is 49.7 Å². The SMILES string of the molecule is NCCN(C(=S)S)C(=S)S.[NaH].[NaH]. The molecule has 0 aliphatic rings. The van der Waals surface area contributed by atoms with Gasteiger partial charge in [0.2, 0.25) is 0 Å². The third-order valence-corrected chi connectivity index (χ3v) is 1.74. The zero-order valence-electron chi connectivity index (χ0n) is 5.15. The number of hydrogen-bond donors (Lipinski definition) is 3. The molecular weight excluding hydrogens is 250 g/mol. The summed E-state index contributed by atoms with van der Waals surface area (Å²) >= 11 is 17.4. The van der Waals surface area contributed by atoms with Crippen molar-refractivity contribution in [2.45, 2.75) is 0 Å². The standard InChI is InChI=1S/C4H8N2S4.2Na.2H/c5-1-2-6(3(7)8)4(9)10;;;;/h1-2,5H2,(H,7,8)(H,9,10);;;;. The molecule has 62 valence electrons. The molecule has 0 fully saturated rings. The number of rotatable bonds is 2. The molecule has 2 nitrogen and oxygen atoms in total. The maximum absolute atomic E-state index is 5.28. The molecule has 0 saturated carbocycles. The van der Waals surface area contributed by atoms with Crippen LogP contribution in [0.15, 0.2) is 0 Å². The summed E-state index contributed by atoms with van der Waals surface area (Å²) in [4.78, 5) is 1.58. The summed E-state index contributed by atoms with van der Waals surface area (Å²) in [5.74, 6) is 0. The van der Waals surface area contributed by atoms with E-state index in [2.05, 4.69) is 25.3 Å². The molecule has 0 aromatic carbocycles. The third kappa shape index (κ3) is 9.21. The second-order valence-electron chi connectivity index (χ2n) is 1.51. The fourth-order valence-corrected chi connectivity index (χ4v) is 1.44. The summed E-state index contributed by atoms with van der Waals surface area (Å²) in [6.45, 7) is 1.06. The van der Waals surface area contributed by atoms with E-state index in [-0.39, 0.29) is 59.1 Å². The Kier molecular flexibility index (Phi) is 19.6. The molecule has 12 heavy (non-hydrogen) atoms. The normalized spacial score (nSPS) is 7.58. The van der Waals surface area contributed by atoms with Gasteiger partial charge in [-0.25, -0.2) is 0 Å². The summed E-state index contributed by atoms with van der Waals surface area (Å²) in [5.41, 5.74) is 5.28. The van der Waals surface area contributed by atoms with Crippen LogP contribution in [0, 0.1) is 0 Å². The fourth-order valence-electron chi connectivity index (χ4n) is 0.402. The van der Waals surface area contributed by atoms with E-state index in [0.29, 0.717) is 21.7 Å². The zero-order valence-corrected chi connectivity index (χ0v) is 8.57. The van der Waals surface area contributed by atoms with Crippen LogP contribution in [-0.4, -0.2) is 85.7 Å². The van der Waals surface area contributed by atoms with Gasteiger partial charge in [-0.2, -0.15) is 0 Å². The van der Waals surface area contributed by atoms with Crippen LogP contribution in [-0.2, 0) is 0 Å². The third-order valence-electron chi connectivity index (χ3n) is 0.815. The molecule has 0 saturated heterocycles. The van der Waals surface area contributed by atoms with Gasteiger partial charge in [0, 0.05) is 13.1 Å². The second kappa shape index (κ2) is 11.7. The Morgan fingerprint density at radius 1 is 1.17 bits per heavy atom. The van der Waals surface area contributed by atoms with Gasteiger partial charge in [-0.05, 0) is 0 Å². The Morgan fingerprint density at radius 2 is 1.50 bits per heavy atom. The van der Waals surface area contributed by atoms with Gasteiger partial charge in [0.05, 0.1) is 0 Å². The second-order valence-corrected chi connectivity index (χ2v) is 3.73. The molecule has 0 radical (unpaired) electrons. The van der Waals surface area contributed by atoms with E-state index in [9.17, 15) is 0 Å². The first kappa shape index (κ1) is 20.1. The van der Waals surface area contributed by atoms with Crippen LogP contribution in [0.4, 0.5) is 0 Å². The molecule has 0 heterocycles. The summed E-state index contributed by atoms with van der Waals surface area (Å²) in [7, 11) is 0. The van der Waals surface area contributed by atoms with Gasteiger partial charge < -0.3 is 10.6 Å². The number of hydrogen-bond acceptors (Lipinski definition) is 3. The van der Waals surface area contributed by atoms with Crippen molar-refractivity contribution >= 4 is 117 Å². The first-order valence-electron chi connectivity index (χ1n) is 2.53. The van der Waals surface area contributed by atoms with Gasteiger partial charge in [-0.1, -0.05) is 24.4 Å². The van der Waals surface area contributed by atoms with Crippen molar-refractivity contribution in [3.05, 3.63) is 0 Å². The van der Waals surface area contributed by atoms with Gasteiger partial charge >= 0.3 is 59.1 Å². The molecule has 0 aliphatic carbocycles. The van der Waals surface area contributed by atoms with Crippen molar-refractivity contribution in [2.24, 2.45) is 5.73 Å². The van der Waals surface area contributed by atoms with Crippen LogP contribution in [0.5, 0.6) is 0 Å². The van der Waals surface area contributed by atoms with Crippen molar-refractivity contribution in [1.82, 2.24) is 4.90 Å². The number of nitrogens with zero attached hydrogens (tertiary/aromatic N) is 1. The predicted molar refractivity (Wildman–Crippen MR) is 73.2 cm³/mol. The zero-order chi connectivity index (χ0) is 8.15. The van der Waals surface area contributed by atoms with Crippen molar-refractivity contribution in [3.63, 3.8) is 0 Å². The first-order chi connectivity index (χ1) is 4.59. The van der Waals surface area contributed by atoms with Crippen molar-refractivity contribution < 1.29 is 0 Å². The molecule has 0 atom stereocenters. The van der Waals surface area contributed by atoms with Crippen molar-refractivity contribution in [3.8, 4) is 0 Å². The molecule has 0 aliphatic heterocycles. The van der Waals surface area contributed by atoms with E-state index in [1.54, 1.807) is 4.90 Å². The van der Waals surface area contributed by atoms with Crippen LogP contribution in [0.1, 0.15) is 0 Å². The molecule has 0 unspecified atom stereocenters. The molecule has 0 rings (SSSR count). The van der Waals surface area contributed by atoms with Gasteiger partial charge in [0.1, 0.15) is 8.64 Å². The summed E-state index contributed by atoms with van der Waals surface area (Å²) in [6.07, 6.45) is 0. The molecule has 8 heteroatoms. The van der Waals surface area contributed by atoms with E-state index >= 15 is 0 Å². The van der Waals surface area contributed by atoms with Crippen molar-refractivity contribution in [1.29, 1.82) is 0 Å². The number of thiocarbonyl (C=S) groups is 2. The van der Waals surface area contributed by atoms with Gasteiger partial charge in [-0.3, -0.25) is 0 Å². The molecule has 0 aromatic heterocycles. The van der Waals surface area contributed by atoms with Gasteiger partial charge in [0.25, 0.3) is 0 Å². The quantitative estimate of drug-likeness (QED) is 0.351. The topological polar surface area (TPSA) is 29.3 Å². The first-order valence-corrected chi connectivity index (χ1v) is 4.24. The minimum atomic E-state index is 0. The van der Waals surface area contributed by atoms with E-state index in [1.807, 2.05) is 0 Å². The maximum atomic E-state index is 5.28. The molecule has 2 N–H and O–H groups in total. The fraction of sp³-hybridized carbons (Fsp3) is 0.500. The van der Waals surface area contributed by atoms with E-state index in [0.717, 1.165) is 0 Å². The van der Waals surface area contributed by atoms with E-state index in [4.69, 9.17) is 30.2 Å². The predicted octanol–water partition coefficient (Wildman–Crippen LogP) is -0.620. The molecule has 0 aromatic rings. The molecule has 0 bridgehead atoms. The molecule has 0 amide bonds. The Balaban J connectivity index is -0.000000405. The van der Waals surface area contributed by atoms with E-state index in [1.165, 1.54) is 0 Å². The summed E-state index contributed by atoms with van der Waals surface area (Å²) < 4.78 is 0.816. The van der Waals surface area contributed by atoms with Crippen LogP contribution in [0.2, 0.25) is 0 Å². The Labute approximate surface area is 139 Å². The van der Waals surface area contributed by atoms with Gasteiger partial charge in [0.15, 0.2) is 0 Å². The molecule has 0 spiro atoms. The number of nitrogens with two attached hydrogens (primary N) is 1. The summed E-state index contributed by atoms with van der Waals surface area (Å²) in [6, 6.07) is 0. The van der Waals surface area contributed by atoms with Crippen LogP contribution in [0.25, 0.3) is 0 Å². The Bertz CT molecular complexity index is 140. The minimum absolute atomic E-state index is 0.